The lowest BCUT2D eigenvalue weighted by molar-refractivity contribution is 0.0690. The Morgan fingerprint density at radius 2 is 1.80 bits per heavy atom. The van der Waals surface area contributed by atoms with E-state index >= 15 is 0 Å². The van der Waals surface area contributed by atoms with E-state index in [0.29, 0.717) is 5.92 Å². The van der Waals surface area contributed by atoms with Crippen molar-refractivity contribution in [3.05, 3.63) is 71.4 Å². The second-order valence-electron chi connectivity index (χ2n) is 7.11. The molecule has 3 aromatic rings. The molecule has 1 saturated heterocycles. The van der Waals surface area contributed by atoms with E-state index in [-0.39, 0.29) is 5.91 Å². The van der Waals surface area contributed by atoms with Gasteiger partial charge in [-0.2, -0.15) is 0 Å². The lowest BCUT2D eigenvalue weighted by Crippen LogP contribution is -2.39. The monoisotopic (exact) mass is 332 g/mol. The Balaban J connectivity index is 1.40. The minimum atomic E-state index is 0.184. The number of carbonyl (C=O) groups is 1. The van der Waals surface area contributed by atoms with E-state index in [1.165, 1.54) is 16.5 Å². The zero-order valence-corrected chi connectivity index (χ0v) is 14.7. The Morgan fingerprint density at radius 3 is 2.60 bits per heavy atom. The molecule has 1 amide bonds. The fourth-order valence-electron chi connectivity index (χ4n) is 3.93. The molecule has 1 aliphatic heterocycles. The number of nitrogens with zero attached hydrogens (tertiary/aromatic N) is 1. The first-order chi connectivity index (χ1) is 12.2. The van der Waals surface area contributed by atoms with Crippen molar-refractivity contribution in [3.8, 4) is 0 Å². The van der Waals surface area contributed by atoms with Crippen LogP contribution in [0.3, 0.4) is 0 Å². The van der Waals surface area contributed by atoms with Crippen molar-refractivity contribution >= 4 is 16.8 Å². The van der Waals surface area contributed by atoms with E-state index in [1.807, 2.05) is 36.1 Å². The molecule has 0 unspecified atom stereocenters. The van der Waals surface area contributed by atoms with Gasteiger partial charge in [0, 0.05) is 35.8 Å². The fraction of sp³-hybridized carbons (Fsp3) is 0.318. The Bertz CT molecular complexity index is 888. The van der Waals surface area contributed by atoms with Crippen LogP contribution in [0.5, 0.6) is 0 Å². The van der Waals surface area contributed by atoms with Crippen molar-refractivity contribution in [1.29, 1.82) is 0 Å². The smallest absolute Gasteiger partial charge is 0.254 e. The topological polar surface area (TPSA) is 36.1 Å². The first-order valence-corrected chi connectivity index (χ1v) is 9.12. The third-order valence-electron chi connectivity index (χ3n) is 5.46. The van der Waals surface area contributed by atoms with Crippen LogP contribution in [-0.4, -0.2) is 28.9 Å². The van der Waals surface area contributed by atoms with Gasteiger partial charge >= 0.3 is 0 Å². The van der Waals surface area contributed by atoms with Crippen molar-refractivity contribution < 1.29 is 4.79 Å². The Hall–Kier alpha value is -2.55. The van der Waals surface area contributed by atoms with E-state index in [4.69, 9.17) is 0 Å². The summed E-state index contributed by atoms with van der Waals surface area (Å²) in [6, 6.07) is 16.4. The number of carbonyl (C=O) groups excluding carboxylic acids is 1. The molecule has 1 aromatic heterocycles. The molecule has 128 valence electrons. The van der Waals surface area contributed by atoms with Crippen LogP contribution in [0.2, 0.25) is 0 Å². The summed E-state index contributed by atoms with van der Waals surface area (Å²) in [7, 11) is 0. The number of benzene rings is 2. The van der Waals surface area contributed by atoms with E-state index in [9.17, 15) is 4.79 Å². The third-order valence-corrected chi connectivity index (χ3v) is 5.46. The second-order valence-corrected chi connectivity index (χ2v) is 7.11. The molecule has 25 heavy (non-hydrogen) atoms. The van der Waals surface area contributed by atoms with Crippen LogP contribution >= 0.6 is 0 Å². The molecular formula is C22H24N2O. The predicted molar refractivity (Wildman–Crippen MR) is 102 cm³/mol. The van der Waals surface area contributed by atoms with Gasteiger partial charge in [0.25, 0.3) is 5.91 Å². The van der Waals surface area contributed by atoms with Crippen LogP contribution in [0.25, 0.3) is 10.9 Å². The third kappa shape index (κ3) is 3.19. The zero-order chi connectivity index (χ0) is 17.2. The zero-order valence-electron chi connectivity index (χ0n) is 14.7. The molecule has 0 bridgehead atoms. The fourth-order valence-corrected chi connectivity index (χ4v) is 3.93. The Labute approximate surface area is 148 Å². The average molecular weight is 332 g/mol. The van der Waals surface area contributed by atoms with Crippen molar-refractivity contribution in [2.45, 2.75) is 26.2 Å². The van der Waals surface area contributed by atoms with Gasteiger partial charge in [0.15, 0.2) is 0 Å². The van der Waals surface area contributed by atoms with Gasteiger partial charge in [-0.1, -0.05) is 36.4 Å². The quantitative estimate of drug-likeness (QED) is 0.749. The van der Waals surface area contributed by atoms with Gasteiger partial charge in [-0.3, -0.25) is 4.79 Å². The van der Waals surface area contributed by atoms with E-state index < -0.39 is 0 Å². The van der Waals surface area contributed by atoms with Gasteiger partial charge in [-0.15, -0.1) is 0 Å². The van der Waals surface area contributed by atoms with Crippen molar-refractivity contribution in [2.24, 2.45) is 5.92 Å². The summed E-state index contributed by atoms with van der Waals surface area (Å²) >= 11 is 0. The second kappa shape index (κ2) is 6.75. The predicted octanol–water partition coefficient (Wildman–Crippen LogP) is 4.57. The number of fused-ring (bicyclic) bond motifs is 1. The number of H-pyrrole nitrogens is 1. The van der Waals surface area contributed by atoms with E-state index in [2.05, 4.69) is 35.4 Å². The summed E-state index contributed by atoms with van der Waals surface area (Å²) in [5.74, 6) is 0.837. The molecule has 4 rings (SSSR count). The summed E-state index contributed by atoms with van der Waals surface area (Å²) in [6.45, 7) is 3.73. The van der Waals surface area contributed by atoms with Crippen LogP contribution in [0.1, 0.15) is 34.3 Å². The van der Waals surface area contributed by atoms with Gasteiger partial charge in [0.05, 0.1) is 0 Å². The number of rotatable bonds is 3. The number of hydrogen-bond acceptors (Lipinski definition) is 1. The molecule has 2 aromatic carbocycles. The molecule has 0 radical (unpaired) electrons. The molecule has 3 heteroatoms. The molecule has 0 aliphatic carbocycles. The van der Waals surface area contributed by atoms with Crippen LogP contribution < -0.4 is 0 Å². The van der Waals surface area contributed by atoms with Gasteiger partial charge in [-0.25, -0.2) is 0 Å². The lowest BCUT2D eigenvalue weighted by Gasteiger charge is -2.32. The maximum Gasteiger partial charge on any atom is 0.254 e. The maximum absolute atomic E-state index is 12.7. The molecule has 1 fully saturated rings. The van der Waals surface area contributed by atoms with Gasteiger partial charge in [0.1, 0.15) is 0 Å². The minimum Gasteiger partial charge on any atom is -0.361 e. The Morgan fingerprint density at radius 1 is 1.08 bits per heavy atom. The van der Waals surface area contributed by atoms with Gasteiger partial charge in [0.2, 0.25) is 0 Å². The summed E-state index contributed by atoms with van der Waals surface area (Å²) in [5, 5.41) is 1.33. The molecule has 0 spiro atoms. The number of piperidine rings is 1. The van der Waals surface area contributed by atoms with Crippen molar-refractivity contribution in [3.63, 3.8) is 0 Å². The van der Waals surface area contributed by atoms with Crippen LogP contribution in [0, 0.1) is 12.8 Å². The van der Waals surface area contributed by atoms with E-state index in [0.717, 1.165) is 43.5 Å². The van der Waals surface area contributed by atoms with Crippen LogP contribution in [-0.2, 0) is 6.42 Å². The number of nitrogens with one attached hydrogen (secondary N) is 1. The first-order valence-electron chi connectivity index (χ1n) is 9.12. The standard InChI is InChI=1S/C22H24N2O/c1-16-6-2-3-7-19(16)22(25)24-12-10-17(11-13-24)14-18-15-23-21-9-5-4-8-20(18)21/h2-9,15,17,23H,10-14H2,1H3. The van der Waals surface area contributed by atoms with Crippen molar-refractivity contribution in [2.75, 3.05) is 13.1 Å². The summed E-state index contributed by atoms with van der Waals surface area (Å²) in [5.41, 5.74) is 4.52. The number of aromatic amines is 1. The minimum absolute atomic E-state index is 0.184. The average Bonchev–Trinajstić information content (AvgIpc) is 3.05. The van der Waals surface area contributed by atoms with Crippen LogP contribution in [0.4, 0.5) is 0 Å². The number of aryl methyl sites for hydroxylation is 1. The SMILES string of the molecule is Cc1ccccc1C(=O)N1CCC(Cc2c[nH]c3ccccc23)CC1. The molecule has 2 heterocycles. The lowest BCUT2D eigenvalue weighted by atomic mass is 9.89. The summed E-state index contributed by atoms with van der Waals surface area (Å²) < 4.78 is 0. The highest BCUT2D eigenvalue weighted by Gasteiger charge is 2.25. The normalized spacial score (nSPS) is 15.6. The van der Waals surface area contributed by atoms with Crippen LogP contribution in [0.15, 0.2) is 54.7 Å². The molecule has 3 nitrogen and oxygen atoms in total. The highest BCUT2D eigenvalue weighted by atomic mass is 16.2. The maximum atomic E-state index is 12.7. The number of aromatic nitrogens is 1. The molecule has 1 N–H and O–H groups in total. The molecule has 1 aliphatic rings. The summed E-state index contributed by atoms with van der Waals surface area (Å²) in [6.07, 6.45) is 5.40. The van der Waals surface area contributed by atoms with E-state index in [1.54, 1.807) is 0 Å². The number of hydrogen-bond donors (Lipinski definition) is 1. The van der Waals surface area contributed by atoms with Gasteiger partial charge < -0.3 is 9.88 Å². The number of likely N-dealkylation sites (tertiary alicyclic amines) is 1. The number of amides is 1. The number of para-hydroxylation sites is 1. The first kappa shape index (κ1) is 15.9. The molecule has 0 saturated carbocycles. The molecule has 0 atom stereocenters. The Kier molecular flexibility index (Phi) is 4.31. The van der Waals surface area contributed by atoms with Crippen molar-refractivity contribution in [1.82, 2.24) is 9.88 Å². The highest BCUT2D eigenvalue weighted by Crippen LogP contribution is 2.27. The largest absolute Gasteiger partial charge is 0.361 e. The highest BCUT2D eigenvalue weighted by molar-refractivity contribution is 5.95. The summed E-state index contributed by atoms with van der Waals surface area (Å²) in [4.78, 5) is 18.1. The molecular weight excluding hydrogens is 308 g/mol. The van der Waals surface area contributed by atoms with Gasteiger partial charge in [-0.05, 0) is 55.4 Å².